The molecule has 2 aromatic carbocycles. The average molecular weight is 373 g/mol. The lowest BCUT2D eigenvalue weighted by Gasteiger charge is -2.12. The predicted molar refractivity (Wildman–Crippen MR) is 103 cm³/mol. The lowest BCUT2D eigenvalue weighted by atomic mass is 10.1. The van der Waals surface area contributed by atoms with Gasteiger partial charge in [-0.25, -0.2) is 4.98 Å². The van der Waals surface area contributed by atoms with Crippen LogP contribution in [0.1, 0.15) is 36.5 Å². The fraction of sp³-hybridized carbons (Fsp3) is 0.200. The van der Waals surface area contributed by atoms with Crippen molar-refractivity contribution in [1.82, 2.24) is 9.55 Å². The highest BCUT2D eigenvalue weighted by Gasteiger charge is 2.23. The fourth-order valence-electron chi connectivity index (χ4n) is 2.86. The third-order valence-electron chi connectivity index (χ3n) is 4.09. The Morgan fingerprint density at radius 2 is 1.72 bits per heavy atom. The van der Waals surface area contributed by atoms with Crippen LogP contribution >= 0.6 is 23.2 Å². The van der Waals surface area contributed by atoms with Gasteiger partial charge in [0.05, 0.1) is 10.7 Å². The van der Waals surface area contributed by atoms with Crippen LogP contribution in [0.3, 0.4) is 0 Å². The Balaban J connectivity index is 2.33. The monoisotopic (exact) mass is 372 g/mol. The van der Waals surface area contributed by atoms with E-state index in [0.29, 0.717) is 34.4 Å². The topological polar surface area (TPSA) is 34.9 Å². The zero-order valence-corrected chi connectivity index (χ0v) is 15.6. The number of hydrogen-bond donors (Lipinski definition) is 0. The minimum atomic E-state index is 0.0258. The summed E-state index contributed by atoms with van der Waals surface area (Å²) in [5.41, 5.74) is 3.08. The van der Waals surface area contributed by atoms with E-state index in [1.54, 1.807) is 0 Å². The number of imidazole rings is 1. The van der Waals surface area contributed by atoms with E-state index >= 15 is 0 Å². The van der Waals surface area contributed by atoms with E-state index in [9.17, 15) is 4.79 Å². The molecule has 0 aliphatic heterocycles. The second kappa shape index (κ2) is 7.42. The first-order valence-electron chi connectivity index (χ1n) is 8.22. The first kappa shape index (κ1) is 17.7. The number of hydrogen-bond acceptors (Lipinski definition) is 2. The highest BCUT2D eigenvalue weighted by Crippen LogP contribution is 2.32. The van der Waals surface area contributed by atoms with Gasteiger partial charge in [-0.2, -0.15) is 0 Å². The molecule has 3 rings (SSSR count). The molecule has 0 aliphatic rings. The first-order chi connectivity index (χ1) is 12.1. The van der Waals surface area contributed by atoms with Gasteiger partial charge in [-0.1, -0.05) is 49.2 Å². The molecule has 1 aromatic heterocycles. The van der Waals surface area contributed by atoms with Crippen molar-refractivity contribution in [3.05, 3.63) is 70.0 Å². The summed E-state index contributed by atoms with van der Waals surface area (Å²) in [4.78, 5) is 17.1. The number of benzene rings is 2. The normalized spacial score (nSPS) is 10.9. The van der Waals surface area contributed by atoms with E-state index in [1.165, 1.54) is 0 Å². The molecule has 25 heavy (non-hydrogen) atoms. The number of nitrogens with zero attached hydrogens (tertiary/aromatic N) is 2. The summed E-state index contributed by atoms with van der Waals surface area (Å²) in [6.07, 6.45) is 1.09. The molecule has 0 bridgehead atoms. The average Bonchev–Trinajstić information content (AvgIpc) is 3.01. The fourth-order valence-corrected chi connectivity index (χ4v) is 3.21. The van der Waals surface area contributed by atoms with Gasteiger partial charge in [-0.3, -0.25) is 9.36 Å². The van der Waals surface area contributed by atoms with Crippen molar-refractivity contribution in [3.63, 3.8) is 0 Å². The summed E-state index contributed by atoms with van der Waals surface area (Å²) in [5, 5.41) is 1.26. The molecule has 1 heterocycles. The van der Waals surface area contributed by atoms with Crippen molar-refractivity contribution < 1.29 is 4.79 Å². The van der Waals surface area contributed by atoms with Crippen molar-refractivity contribution in [2.45, 2.75) is 26.7 Å². The van der Waals surface area contributed by atoms with Gasteiger partial charge < -0.3 is 0 Å². The molecule has 0 fully saturated rings. The number of carbonyl (C=O) groups is 1. The molecule has 3 aromatic rings. The standard InChI is InChI=1S/C20H18Cl2N2O/c1-3-17-19(18(25)4-2)23-20(15-7-5-6-8-16(15)22)24(17)14-11-9-13(21)10-12-14/h5-12H,3-4H2,1-2H3. The van der Waals surface area contributed by atoms with E-state index in [1.807, 2.05) is 66.9 Å². The number of aromatic nitrogens is 2. The van der Waals surface area contributed by atoms with Crippen LogP contribution in [-0.2, 0) is 6.42 Å². The van der Waals surface area contributed by atoms with Crippen LogP contribution in [0.5, 0.6) is 0 Å². The van der Waals surface area contributed by atoms with Gasteiger partial charge in [0.25, 0.3) is 0 Å². The number of rotatable bonds is 5. The SMILES string of the molecule is CCC(=O)c1nc(-c2ccccc2Cl)n(-c2ccc(Cl)cc2)c1CC. The van der Waals surface area contributed by atoms with Gasteiger partial charge in [0.15, 0.2) is 5.78 Å². The maximum atomic E-state index is 12.4. The quantitative estimate of drug-likeness (QED) is 0.514. The highest BCUT2D eigenvalue weighted by molar-refractivity contribution is 6.33. The first-order valence-corrected chi connectivity index (χ1v) is 8.98. The maximum absolute atomic E-state index is 12.4. The molecule has 0 unspecified atom stereocenters. The number of Topliss-reactive ketones (excluding diaryl/α,β-unsaturated/α-hetero) is 1. The van der Waals surface area contributed by atoms with Gasteiger partial charge in [0.1, 0.15) is 11.5 Å². The van der Waals surface area contributed by atoms with Crippen molar-refractivity contribution in [2.75, 3.05) is 0 Å². The molecule has 0 spiro atoms. The van der Waals surface area contributed by atoms with E-state index in [2.05, 4.69) is 4.98 Å². The Bertz CT molecular complexity index is 914. The highest BCUT2D eigenvalue weighted by atomic mass is 35.5. The Kier molecular flexibility index (Phi) is 5.26. The van der Waals surface area contributed by atoms with Crippen LogP contribution in [0.15, 0.2) is 48.5 Å². The van der Waals surface area contributed by atoms with E-state index in [0.717, 1.165) is 16.9 Å². The summed E-state index contributed by atoms with van der Waals surface area (Å²) in [6.45, 7) is 3.87. The molecule has 0 saturated heterocycles. The predicted octanol–water partition coefficient (Wildman–Crippen LogP) is 6.00. The molecule has 0 amide bonds. The summed E-state index contributed by atoms with van der Waals surface area (Å²) in [6, 6.07) is 15.0. The third kappa shape index (κ3) is 3.35. The van der Waals surface area contributed by atoms with E-state index in [4.69, 9.17) is 23.2 Å². The molecule has 5 heteroatoms. The largest absolute Gasteiger partial charge is 0.296 e. The smallest absolute Gasteiger partial charge is 0.182 e. The molecule has 0 aliphatic carbocycles. The van der Waals surface area contributed by atoms with Crippen LogP contribution in [0, 0.1) is 0 Å². The molecular weight excluding hydrogens is 355 g/mol. The lowest BCUT2D eigenvalue weighted by molar-refractivity contribution is 0.0983. The number of ketones is 1. The van der Waals surface area contributed by atoms with Crippen LogP contribution in [-0.4, -0.2) is 15.3 Å². The van der Waals surface area contributed by atoms with E-state index < -0.39 is 0 Å². The molecule has 0 N–H and O–H groups in total. The van der Waals surface area contributed by atoms with Gasteiger partial charge in [-0.15, -0.1) is 0 Å². The summed E-state index contributed by atoms with van der Waals surface area (Å²) < 4.78 is 2.00. The van der Waals surface area contributed by atoms with Crippen molar-refractivity contribution >= 4 is 29.0 Å². The number of halogens is 2. The molecule has 0 radical (unpaired) electrons. The second-order valence-electron chi connectivity index (χ2n) is 5.65. The number of carbonyl (C=O) groups excluding carboxylic acids is 1. The van der Waals surface area contributed by atoms with Crippen molar-refractivity contribution in [1.29, 1.82) is 0 Å². The van der Waals surface area contributed by atoms with Crippen LogP contribution in [0.4, 0.5) is 0 Å². The maximum Gasteiger partial charge on any atom is 0.182 e. The lowest BCUT2D eigenvalue weighted by Crippen LogP contribution is -2.05. The van der Waals surface area contributed by atoms with E-state index in [-0.39, 0.29) is 5.78 Å². The van der Waals surface area contributed by atoms with Crippen molar-refractivity contribution in [2.24, 2.45) is 0 Å². The molecule has 128 valence electrons. The minimum absolute atomic E-state index is 0.0258. The molecule has 3 nitrogen and oxygen atoms in total. The summed E-state index contributed by atoms with van der Waals surface area (Å²) >= 11 is 12.4. The van der Waals surface area contributed by atoms with Gasteiger partial charge in [-0.05, 0) is 42.8 Å². The Morgan fingerprint density at radius 3 is 2.32 bits per heavy atom. The van der Waals surface area contributed by atoms with Crippen molar-refractivity contribution in [3.8, 4) is 17.1 Å². The molecule has 0 saturated carbocycles. The summed E-state index contributed by atoms with van der Waals surface area (Å²) in [5.74, 6) is 0.694. The van der Waals surface area contributed by atoms with Gasteiger partial charge in [0, 0.05) is 22.7 Å². The summed E-state index contributed by atoms with van der Waals surface area (Å²) in [7, 11) is 0. The minimum Gasteiger partial charge on any atom is -0.296 e. The van der Waals surface area contributed by atoms with Gasteiger partial charge in [0.2, 0.25) is 0 Å². The zero-order chi connectivity index (χ0) is 18.0. The van der Waals surface area contributed by atoms with Crippen LogP contribution in [0.25, 0.3) is 17.1 Å². The Morgan fingerprint density at radius 1 is 1.04 bits per heavy atom. The Hall–Kier alpha value is -2.10. The Labute approximate surface area is 157 Å². The molecule has 0 atom stereocenters. The second-order valence-corrected chi connectivity index (χ2v) is 6.50. The van der Waals surface area contributed by atoms with Crippen LogP contribution < -0.4 is 0 Å². The molecular formula is C20H18Cl2N2O. The van der Waals surface area contributed by atoms with Crippen LogP contribution in [0.2, 0.25) is 10.0 Å². The van der Waals surface area contributed by atoms with Gasteiger partial charge >= 0.3 is 0 Å². The zero-order valence-electron chi connectivity index (χ0n) is 14.1. The third-order valence-corrected chi connectivity index (χ3v) is 4.67.